The number of nitrogen functional groups attached to an aromatic ring is 1. The van der Waals surface area contributed by atoms with Gasteiger partial charge in [0.1, 0.15) is 5.01 Å². The van der Waals surface area contributed by atoms with E-state index in [0.717, 1.165) is 10.7 Å². The first kappa shape index (κ1) is 13.5. The predicted octanol–water partition coefficient (Wildman–Crippen LogP) is 1.97. The van der Waals surface area contributed by atoms with Crippen LogP contribution in [0.5, 0.6) is 0 Å². The van der Waals surface area contributed by atoms with E-state index < -0.39 is 5.97 Å². The van der Waals surface area contributed by atoms with Gasteiger partial charge in [0.15, 0.2) is 5.69 Å². The fraction of sp³-hybridized carbons (Fsp3) is 0.417. The minimum atomic E-state index is -1.12. The highest BCUT2D eigenvalue weighted by Crippen LogP contribution is 2.24. The van der Waals surface area contributed by atoms with Crippen LogP contribution in [-0.2, 0) is 12.0 Å². The fourth-order valence-electron chi connectivity index (χ4n) is 1.55. The number of nitrogens with zero attached hydrogens (tertiary/aromatic N) is 3. The monoisotopic (exact) mass is 280 g/mol. The molecule has 0 aliphatic rings. The lowest BCUT2D eigenvalue weighted by Gasteiger charge is -2.14. The number of hydrogen-bond donors (Lipinski definition) is 2. The number of thiazole rings is 1. The molecule has 2 aromatic heterocycles. The molecule has 0 radical (unpaired) electrons. The average molecular weight is 280 g/mol. The van der Waals surface area contributed by atoms with Gasteiger partial charge >= 0.3 is 5.97 Å². The Morgan fingerprint density at radius 2 is 2.21 bits per heavy atom. The van der Waals surface area contributed by atoms with Crippen LogP contribution < -0.4 is 5.73 Å². The summed E-state index contributed by atoms with van der Waals surface area (Å²) < 4.78 is 1.50. The van der Waals surface area contributed by atoms with Crippen LogP contribution in [0.15, 0.2) is 11.6 Å². The molecular formula is C12H16N4O2S. The fourth-order valence-corrected chi connectivity index (χ4v) is 2.56. The molecule has 2 rings (SSSR count). The van der Waals surface area contributed by atoms with Gasteiger partial charge in [-0.15, -0.1) is 11.3 Å². The predicted molar refractivity (Wildman–Crippen MR) is 73.5 cm³/mol. The second-order valence-electron chi connectivity index (χ2n) is 5.31. The number of aromatic carboxylic acids is 1. The Bertz CT molecular complexity index is 610. The van der Waals surface area contributed by atoms with Crippen molar-refractivity contribution < 1.29 is 9.90 Å². The molecule has 0 unspecified atom stereocenters. The number of aromatic nitrogens is 3. The van der Waals surface area contributed by atoms with Crippen molar-refractivity contribution in [1.29, 1.82) is 0 Å². The zero-order valence-electron chi connectivity index (χ0n) is 11.0. The first-order valence-electron chi connectivity index (χ1n) is 5.78. The lowest BCUT2D eigenvalue weighted by Crippen LogP contribution is -2.12. The smallest absolute Gasteiger partial charge is 0.358 e. The molecule has 7 heteroatoms. The third kappa shape index (κ3) is 2.93. The van der Waals surface area contributed by atoms with Gasteiger partial charge in [-0.1, -0.05) is 20.8 Å². The molecular weight excluding hydrogens is 264 g/mol. The first-order valence-corrected chi connectivity index (χ1v) is 6.66. The molecule has 3 N–H and O–H groups in total. The summed E-state index contributed by atoms with van der Waals surface area (Å²) >= 11 is 1.53. The van der Waals surface area contributed by atoms with Gasteiger partial charge in [-0.05, 0) is 0 Å². The standard InChI is InChI=1S/C12H16N4O2S/c1-12(2,3)8-6-19-9(14-8)5-16-4-7(13)10(15-16)11(17)18/h4,6H,5,13H2,1-3H3,(H,17,18). The van der Waals surface area contributed by atoms with Gasteiger partial charge in [0.2, 0.25) is 0 Å². The molecule has 2 heterocycles. The number of carboxylic acid groups (broad SMARTS) is 1. The van der Waals surface area contributed by atoms with E-state index in [9.17, 15) is 4.79 Å². The van der Waals surface area contributed by atoms with Crippen LogP contribution in [-0.4, -0.2) is 25.8 Å². The van der Waals surface area contributed by atoms with Crippen LogP contribution in [0.1, 0.15) is 42.0 Å². The molecule has 0 spiro atoms. The first-order chi connectivity index (χ1) is 8.77. The van der Waals surface area contributed by atoms with Crippen LogP contribution >= 0.6 is 11.3 Å². The molecule has 0 aromatic carbocycles. The summed E-state index contributed by atoms with van der Waals surface area (Å²) in [5.41, 5.74) is 6.66. The van der Waals surface area contributed by atoms with E-state index in [2.05, 4.69) is 30.9 Å². The summed E-state index contributed by atoms with van der Waals surface area (Å²) in [6.45, 7) is 6.72. The van der Waals surface area contributed by atoms with Crippen molar-refractivity contribution in [3.63, 3.8) is 0 Å². The molecule has 0 saturated heterocycles. The number of carboxylic acids is 1. The summed E-state index contributed by atoms with van der Waals surface area (Å²) in [5, 5.41) is 15.7. The van der Waals surface area contributed by atoms with E-state index in [1.54, 1.807) is 0 Å². The number of nitrogens with two attached hydrogens (primary N) is 1. The van der Waals surface area contributed by atoms with Gasteiger partial charge in [-0.2, -0.15) is 5.10 Å². The van der Waals surface area contributed by atoms with Gasteiger partial charge in [0, 0.05) is 17.0 Å². The van der Waals surface area contributed by atoms with Gasteiger partial charge in [0.05, 0.1) is 17.9 Å². The van der Waals surface area contributed by atoms with Crippen LogP contribution in [0.2, 0.25) is 0 Å². The molecule has 0 saturated carbocycles. The Hall–Kier alpha value is -1.89. The van der Waals surface area contributed by atoms with Crippen molar-refractivity contribution in [3.05, 3.63) is 28.0 Å². The number of hydrogen-bond acceptors (Lipinski definition) is 5. The van der Waals surface area contributed by atoms with Gasteiger partial charge in [-0.25, -0.2) is 9.78 Å². The van der Waals surface area contributed by atoms with Gasteiger partial charge < -0.3 is 10.8 Å². The van der Waals surface area contributed by atoms with Crippen molar-refractivity contribution >= 4 is 23.0 Å². The van der Waals surface area contributed by atoms with Crippen molar-refractivity contribution in [3.8, 4) is 0 Å². The topological polar surface area (TPSA) is 94.0 Å². The molecule has 0 amide bonds. The Balaban J connectivity index is 2.20. The van der Waals surface area contributed by atoms with E-state index in [4.69, 9.17) is 10.8 Å². The largest absolute Gasteiger partial charge is 0.476 e. The summed E-state index contributed by atoms with van der Waals surface area (Å²) in [5.74, 6) is -1.12. The maximum Gasteiger partial charge on any atom is 0.358 e. The second kappa shape index (κ2) is 4.65. The summed E-state index contributed by atoms with van der Waals surface area (Å²) in [4.78, 5) is 15.4. The minimum Gasteiger partial charge on any atom is -0.476 e. The van der Waals surface area contributed by atoms with Crippen LogP contribution in [0, 0.1) is 0 Å². The van der Waals surface area contributed by atoms with E-state index in [-0.39, 0.29) is 16.8 Å². The number of anilines is 1. The lowest BCUT2D eigenvalue weighted by molar-refractivity contribution is 0.0690. The number of carbonyl (C=O) groups is 1. The highest BCUT2D eigenvalue weighted by atomic mass is 32.1. The molecule has 0 fully saturated rings. The van der Waals surface area contributed by atoms with Crippen LogP contribution in [0.4, 0.5) is 5.69 Å². The van der Waals surface area contributed by atoms with Crippen molar-refractivity contribution in [2.45, 2.75) is 32.7 Å². The second-order valence-corrected chi connectivity index (χ2v) is 6.25. The average Bonchev–Trinajstić information content (AvgIpc) is 2.85. The third-order valence-corrected chi connectivity index (χ3v) is 3.44. The van der Waals surface area contributed by atoms with Crippen molar-refractivity contribution in [2.75, 3.05) is 5.73 Å². The zero-order chi connectivity index (χ0) is 14.2. The molecule has 19 heavy (non-hydrogen) atoms. The molecule has 2 aromatic rings. The normalized spacial score (nSPS) is 11.7. The SMILES string of the molecule is CC(C)(C)c1csc(Cn2cc(N)c(C(=O)O)n2)n1. The van der Waals surface area contributed by atoms with Crippen molar-refractivity contribution in [1.82, 2.24) is 14.8 Å². The summed E-state index contributed by atoms with van der Waals surface area (Å²) in [7, 11) is 0. The van der Waals surface area contributed by atoms with Crippen LogP contribution in [0.3, 0.4) is 0 Å². The Morgan fingerprint density at radius 1 is 1.53 bits per heavy atom. The van der Waals surface area contributed by atoms with Gasteiger partial charge in [0.25, 0.3) is 0 Å². The zero-order valence-corrected chi connectivity index (χ0v) is 11.9. The molecule has 6 nitrogen and oxygen atoms in total. The van der Waals surface area contributed by atoms with Crippen LogP contribution in [0.25, 0.3) is 0 Å². The molecule has 102 valence electrons. The minimum absolute atomic E-state index is 0.00409. The highest BCUT2D eigenvalue weighted by molar-refractivity contribution is 7.09. The van der Waals surface area contributed by atoms with Crippen molar-refractivity contribution in [2.24, 2.45) is 0 Å². The Kier molecular flexibility index (Phi) is 3.32. The van der Waals surface area contributed by atoms with E-state index in [1.807, 2.05) is 5.38 Å². The quantitative estimate of drug-likeness (QED) is 0.896. The summed E-state index contributed by atoms with van der Waals surface area (Å²) in [6, 6.07) is 0. The molecule has 0 aliphatic heterocycles. The number of rotatable bonds is 3. The molecule has 0 bridgehead atoms. The Morgan fingerprint density at radius 3 is 2.68 bits per heavy atom. The maximum absolute atomic E-state index is 10.9. The molecule has 0 aliphatic carbocycles. The summed E-state index contributed by atoms with van der Waals surface area (Å²) in [6.07, 6.45) is 1.52. The third-order valence-electron chi connectivity index (χ3n) is 2.61. The van der Waals surface area contributed by atoms with E-state index in [1.165, 1.54) is 22.2 Å². The van der Waals surface area contributed by atoms with E-state index >= 15 is 0 Å². The Labute approximate surface area is 114 Å². The van der Waals surface area contributed by atoms with Gasteiger partial charge in [-0.3, -0.25) is 4.68 Å². The molecule has 0 atom stereocenters. The highest BCUT2D eigenvalue weighted by Gasteiger charge is 2.18. The maximum atomic E-state index is 10.9. The lowest BCUT2D eigenvalue weighted by atomic mass is 9.93. The van der Waals surface area contributed by atoms with E-state index in [0.29, 0.717) is 6.54 Å².